The molecule has 136 valence electrons. The van der Waals surface area contributed by atoms with Crippen molar-refractivity contribution in [3.8, 4) is 0 Å². The number of fused-ring (bicyclic) bond motifs is 1. The van der Waals surface area contributed by atoms with Gasteiger partial charge in [0.1, 0.15) is 5.82 Å². The smallest absolute Gasteiger partial charge is 0.227 e. The Labute approximate surface area is 157 Å². The molecule has 4 nitrogen and oxygen atoms in total. The molecule has 0 saturated carbocycles. The van der Waals surface area contributed by atoms with E-state index >= 15 is 0 Å². The standard InChI is InChI=1S/C22H20FN3O/c1-13-4-3-5-15(10-13)16-11-19-21(20(27)12-16)14(2)24-22(26-19)25-18-8-6-17(23)7-9-18/h3-10,16H,11-12H2,1-2H3,(H,24,25,26)/t16-/m1/s1. The number of ketones is 1. The number of halogens is 1. The highest BCUT2D eigenvalue weighted by Gasteiger charge is 2.30. The number of carbonyl (C=O) groups excluding carboxylic acids is 1. The summed E-state index contributed by atoms with van der Waals surface area (Å²) in [5.41, 5.74) is 5.14. The zero-order valence-electron chi connectivity index (χ0n) is 15.3. The zero-order chi connectivity index (χ0) is 19.0. The molecule has 3 aromatic rings. The monoisotopic (exact) mass is 361 g/mol. The molecule has 0 spiro atoms. The van der Waals surface area contributed by atoms with Gasteiger partial charge in [-0.15, -0.1) is 0 Å². The van der Waals surface area contributed by atoms with E-state index in [1.807, 2.05) is 13.0 Å². The lowest BCUT2D eigenvalue weighted by Gasteiger charge is -2.25. The van der Waals surface area contributed by atoms with Crippen molar-refractivity contribution in [1.82, 2.24) is 9.97 Å². The Hall–Kier alpha value is -3.08. The summed E-state index contributed by atoms with van der Waals surface area (Å²) >= 11 is 0. The van der Waals surface area contributed by atoms with Crippen molar-refractivity contribution < 1.29 is 9.18 Å². The van der Waals surface area contributed by atoms with Gasteiger partial charge in [0.15, 0.2) is 5.78 Å². The summed E-state index contributed by atoms with van der Waals surface area (Å²) < 4.78 is 13.1. The van der Waals surface area contributed by atoms with Crippen molar-refractivity contribution >= 4 is 17.4 Å². The third kappa shape index (κ3) is 3.58. The first-order valence-corrected chi connectivity index (χ1v) is 8.99. The molecule has 5 heteroatoms. The fourth-order valence-electron chi connectivity index (χ4n) is 3.65. The van der Waals surface area contributed by atoms with E-state index in [-0.39, 0.29) is 17.5 Å². The second kappa shape index (κ2) is 6.91. The van der Waals surface area contributed by atoms with Crippen molar-refractivity contribution in [3.63, 3.8) is 0 Å². The van der Waals surface area contributed by atoms with E-state index < -0.39 is 0 Å². The Kier molecular flexibility index (Phi) is 4.44. The molecule has 0 saturated heterocycles. The van der Waals surface area contributed by atoms with Gasteiger partial charge in [-0.2, -0.15) is 0 Å². The molecule has 1 aliphatic rings. The summed E-state index contributed by atoms with van der Waals surface area (Å²) in [4.78, 5) is 21.8. The van der Waals surface area contributed by atoms with E-state index in [0.717, 1.165) is 5.69 Å². The molecule has 1 N–H and O–H groups in total. The Morgan fingerprint density at radius 3 is 2.56 bits per heavy atom. The predicted molar refractivity (Wildman–Crippen MR) is 103 cm³/mol. The Morgan fingerprint density at radius 1 is 1.04 bits per heavy atom. The van der Waals surface area contributed by atoms with Crippen LogP contribution >= 0.6 is 0 Å². The fourth-order valence-corrected chi connectivity index (χ4v) is 3.65. The highest BCUT2D eigenvalue weighted by molar-refractivity contribution is 5.99. The number of benzene rings is 2. The largest absolute Gasteiger partial charge is 0.324 e. The van der Waals surface area contributed by atoms with Gasteiger partial charge in [0.2, 0.25) is 5.95 Å². The number of aromatic nitrogens is 2. The van der Waals surface area contributed by atoms with Crippen LogP contribution in [0.5, 0.6) is 0 Å². The van der Waals surface area contributed by atoms with Gasteiger partial charge in [-0.05, 0) is 56.0 Å². The maximum absolute atomic E-state index is 13.1. The van der Waals surface area contributed by atoms with Crippen molar-refractivity contribution in [3.05, 3.63) is 82.4 Å². The number of Topliss-reactive ketones (excluding diaryl/α,β-unsaturated/α-hetero) is 1. The normalized spacial score (nSPS) is 16.1. The zero-order valence-corrected chi connectivity index (χ0v) is 15.3. The molecule has 1 aromatic heterocycles. The second-order valence-electron chi connectivity index (χ2n) is 7.03. The Bertz CT molecular complexity index is 1010. The number of nitrogens with zero attached hydrogens (tertiary/aromatic N) is 2. The minimum atomic E-state index is -0.297. The van der Waals surface area contributed by atoms with Crippen LogP contribution in [-0.4, -0.2) is 15.8 Å². The molecule has 1 atom stereocenters. The van der Waals surface area contributed by atoms with E-state index in [1.165, 1.54) is 23.3 Å². The van der Waals surface area contributed by atoms with E-state index in [1.54, 1.807) is 12.1 Å². The average molecular weight is 361 g/mol. The van der Waals surface area contributed by atoms with Crippen LogP contribution < -0.4 is 5.32 Å². The van der Waals surface area contributed by atoms with Gasteiger partial charge in [0.25, 0.3) is 0 Å². The van der Waals surface area contributed by atoms with Gasteiger partial charge in [-0.1, -0.05) is 29.8 Å². The molecule has 0 bridgehead atoms. The summed E-state index contributed by atoms with van der Waals surface area (Å²) in [7, 11) is 0. The molecule has 27 heavy (non-hydrogen) atoms. The molecule has 0 fully saturated rings. The Balaban J connectivity index is 1.66. The molecule has 1 aliphatic carbocycles. The average Bonchev–Trinajstić information content (AvgIpc) is 2.63. The van der Waals surface area contributed by atoms with Gasteiger partial charge in [-0.3, -0.25) is 4.79 Å². The second-order valence-corrected chi connectivity index (χ2v) is 7.03. The number of hydrogen-bond acceptors (Lipinski definition) is 4. The topological polar surface area (TPSA) is 54.9 Å². The third-order valence-corrected chi connectivity index (χ3v) is 4.93. The molecule has 1 heterocycles. The van der Waals surface area contributed by atoms with Crippen LogP contribution in [0.4, 0.5) is 16.0 Å². The molecular formula is C22H20FN3O. The van der Waals surface area contributed by atoms with Crippen LogP contribution in [0.25, 0.3) is 0 Å². The van der Waals surface area contributed by atoms with E-state index in [9.17, 15) is 9.18 Å². The first-order valence-electron chi connectivity index (χ1n) is 8.99. The van der Waals surface area contributed by atoms with E-state index in [0.29, 0.717) is 35.7 Å². The van der Waals surface area contributed by atoms with Crippen LogP contribution in [0.2, 0.25) is 0 Å². The Morgan fingerprint density at radius 2 is 1.81 bits per heavy atom. The first kappa shape index (κ1) is 17.3. The van der Waals surface area contributed by atoms with Crippen LogP contribution in [0, 0.1) is 19.7 Å². The van der Waals surface area contributed by atoms with Crippen molar-refractivity contribution in [1.29, 1.82) is 0 Å². The highest BCUT2D eigenvalue weighted by Crippen LogP contribution is 2.34. The molecular weight excluding hydrogens is 341 g/mol. The van der Waals surface area contributed by atoms with E-state index in [4.69, 9.17) is 0 Å². The molecule has 0 amide bonds. The predicted octanol–water partition coefficient (Wildman–Crippen LogP) is 4.89. The van der Waals surface area contributed by atoms with Gasteiger partial charge < -0.3 is 5.32 Å². The van der Waals surface area contributed by atoms with Gasteiger partial charge >= 0.3 is 0 Å². The maximum atomic E-state index is 13.1. The van der Waals surface area contributed by atoms with Crippen molar-refractivity contribution in [2.45, 2.75) is 32.6 Å². The number of carbonyl (C=O) groups is 1. The lowest BCUT2D eigenvalue weighted by Crippen LogP contribution is -2.22. The number of hydrogen-bond donors (Lipinski definition) is 1. The maximum Gasteiger partial charge on any atom is 0.227 e. The molecule has 0 unspecified atom stereocenters. The minimum Gasteiger partial charge on any atom is -0.324 e. The number of anilines is 2. The summed E-state index contributed by atoms with van der Waals surface area (Å²) in [6, 6.07) is 14.3. The fraction of sp³-hybridized carbons (Fsp3) is 0.227. The van der Waals surface area contributed by atoms with E-state index in [2.05, 4.69) is 40.4 Å². The summed E-state index contributed by atoms with van der Waals surface area (Å²) in [5, 5.41) is 3.10. The van der Waals surface area contributed by atoms with Crippen LogP contribution in [-0.2, 0) is 6.42 Å². The van der Waals surface area contributed by atoms with Crippen LogP contribution in [0.1, 0.15) is 45.2 Å². The quantitative estimate of drug-likeness (QED) is 0.722. The third-order valence-electron chi connectivity index (χ3n) is 4.93. The van der Waals surface area contributed by atoms with Gasteiger partial charge in [0, 0.05) is 12.1 Å². The number of rotatable bonds is 3. The first-order chi connectivity index (χ1) is 13.0. The SMILES string of the molecule is Cc1cccc([C@H]2CC(=O)c3c(C)nc(Nc4ccc(F)cc4)nc3C2)c1. The van der Waals surface area contributed by atoms with Gasteiger partial charge in [0.05, 0.1) is 17.0 Å². The lowest BCUT2D eigenvalue weighted by atomic mass is 9.81. The van der Waals surface area contributed by atoms with Crippen molar-refractivity contribution in [2.24, 2.45) is 0 Å². The highest BCUT2D eigenvalue weighted by atomic mass is 19.1. The van der Waals surface area contributed by atoms with Crippen LogP contribution in [0.3, 0.4) is 0 Å². The summed E-state index contributed by atoms with van der Waals surface area (Å²) in [5.74, 6) is 0.344. The summed E-state index contributed by atoms with van der Waals surface area (Å²) in [6.45, 7) is 3.89. The molecule has 2 aromatic carbocycles. The van der Waals surface area contributed by atoms with Gasteiger partial charge in [-0.25, -0.2) is 14.4 Å². The van der Waals surface area contributed by atoms with Crippen LogP contribution in [0.15, 0.2) is 48.5 Å². The molecule has 0 aliphatic heterocycles. The number of aryl methyl sites for hydroxylation is 2. The van der Waals surface area contributed by atoms with Crippen molar-refractivity contribution in [2.75, 3.05) is 5.32 Å². The number of nitrogens with one attached hydrogen (secondary N) is 1. The lowest BCUT2D eigenvalue weighted by molar-refractivity contribution is 0.0962. The minimum absolute atomic E-state index is 0.0913. The molecule has 4 rings (SSSR count). The molecule has 0 radical (unpaired) electrons. The summed E-state index contributed by atoms with van der Waals surface area (Å²) in [6.07, 6.45) is 1.18.